The van der Waals surface area contributed by atoms with E-state index in [0.29, 0.717) is 5.56 Å². The number of benzene rings is 1. The third kappa shape index (κ3) is 5.30. The fourth-order valence-electron chi connectivity index (χ4n) is 0.822. The van der Waals surface area contributed by atoms with Crippen LogP contribution in [0.15, 0.2) is 41.8 Å². The molecule has 0 unspecified atom stereocenters. The number of rotatable bonds is 1. The van der Waals surface area contributed by atoms with Gasteiger partial charge in [0.15, 0.2) is 0 Å². The molecule has 4 heteroatoms. The van der Waals surface area contributed by atoms with E-state index in [1.807, 2.05) is 6.07 Å². The summed E-state index contributed by atoms with van der Waals surface area (Å²) < 4.78 is 0. The van der Waals surface area contributed by atoms with E-state index < -0.39 is 0 Å². The van der Waals surface area contributed by atoms with Crippen LogP contribution in [0.5, 0.6) is 0 Å². The van der Waals surface area contributed by atoms with Crippen LogP contribution in [0.3, 0.4) is 0 Å². The maximum atomic E-state index is 11.1. The van der Waals surface area contributed by atoms with Gasteiger partial charge in [-0.05, 0) is 12.5 Å². The van der Waals surface area contributed by atoms with Gasteiger partial charge in [-0.1, -0.05) is 41.9 Å². The molecular weight excluding hydrogens is 166 g/mol. The quantitative estimate of drug-likeness (QED) is 0.242. The molecule has 0 fully saturated rings. The summed E-state index contributed by atoms with van der Waals surface area (Å²) in [5.41, 5.74) is 2.67. The molecule has 0 spiro atoms. The zero-order valence-corrected chi connectivity index (χ0v) is 8.70. The first-order valence-corrected chi connectivity index (χ1v) is 3.57. The molecule has 0 radical (unpaired) electrons. The van der Waals surface area contributed by atoms with Crippen molar-refractivity contribution in [3.63, 3.8) is 0 Å². The van der Waals surface area contributed by atoms with E-state index in [9.17, 15) is 10.2 Å². The maximum Gasteiger partial charge on any atom is 1.00 e. The van der Waals surface area contributed by atoms with Crippen LogP contribution in [0.4, 0.5) is 0 Å². The van der Waals surface area contributed by atoms with Gasteiger partial charge >= 0.3 is 37.7 Å². The molecule has 1 rings (SSSR count). The second-order valence-corrected chi connectivity index (χ2v) is 2.38. The second-order valence-electron chi connectivity index (χ2n) is 2.38. The zero-order chi connectivity index (χ0) is 8.97. The first kappa shape index (κ1) is 16.0. The van der Waals surface area contributed by atoms with Crippen molar-refractivity contribution in [1.29, 1.82) is 0 Å². The molecule has 0 aliphatic carbocycles. The van der Waals surface area contributed by atoms with Gasteiger partial charge in [0.2, 0.25) is 0 Å². The minimum absolute atomic E-state index is 0. The van der Waals surface area contributed by atoms with Crippen LogP contribution >= 0.6 is 0 Å². The van der Waals surface area contributed by atoms with Gasteiger partial charge in [-0.15, -0.1) is 5.73 Å². The Morgan fingerprint density at radius 2 is 1.57 bits per heavy atom. The molecule has 0 amide bonds. The van der Waals surface area contributed by atoms with E-state index in [-0.39, 0.29) is 49.2 Å². The van der Waals surface area contributed by atoms with Gasteiger partial charge in [0, 0.05) is 0 Å². The van der Waals surface area contributed by atoms with Gasteiger partial charge in [0.1, 0.15) is 0 Å². The number of allylic oxidation sites excluding steroid dienone is 1. The molecule has 1 aromatic rings. The third-order valence-corrected chi connectivity index (χ3v) is 1.33. The van der Waals surface area contributed by atoms with Crippen LogP contribution in [-0.2, 0) is 0 Å². The van der Waals surface area contributed by atoms with Crippen molar-refractivity contribution in [3.05, 3.63) is 47.4 Å². The van der Waals surface area contributed by atoms with E-state index >= 15 is 0 Å². The van der Waals surface area contributed by atoms with Crippen molar-refractivity contribution in [3.8, 4) is 0 Å². The van der Waals surface area contributed by atoms with E-state index in [1.165, 1.54) is 6.92 Å². The van der Waals surface area contributed by atoms with Crippen LogP contribution in [0.1, 0.15) is 12.5 Å². The Kier molecular flexibility index (Phi) is 9.01. The van der Waals surface area contributed by atoms with Crippen molar-refractivity contribution in [1.82, 2.24) is 0 Å². The second kappa shape index (κ2) is 7.89. The molecule has 62 valence electrons. The van der Waals surface area contributed by atoms with E-state index in [0.717, 1.165) is 0 Å². The Morgan fingerprint density at radius 3 is 2.00 bits per heavy atom. The van der Waals surface area contributed by atoms with Gasteiger partial charge in [-0.25, -0.2) is 0 Å². The summed E-state index contributed by atoms with van der Waals surface area (Å²) in [4.78, 5) is 0. The Hall–Kier alpha value is -0.465. The predicted molar refractivity (Wildman–Crippen MR) is 42.5 cm³/mol. The van der Waals surface area contributed by atoms with Crippen molar-refractivity contribution < 1.29 is 47.9 Å². The molecule has 0 aliphatic heterocycles. The summed E-state index contributed by atoms with van der Waals surface area (Å²) in [5, 5.41) is 21.6. The Morgan fingerprint density at radius 1 is 1.07 bits per heavy atom. The van der Waals surface area contributed by atoms with Gasteiger partial charge in [-0.3, -0.25) is 0 Å². The molecule has 2 nitrogen and oxygen atoms in total. The van der Waals surface area contributed by atoms with Gasteiger partial charge in [0.25, 0.3) is 0 Å². The van der Waals surface area contributed by atoms with Crippen LogP contribution in [0.25, 0.3) is 5.76 Å². The average Bonchev–Trinajstić information content (AvgIpc) is 2.05. The van der Waals surface area contributed by atoms with Gasteiger partial charge < -0.3 is 10.2 Å². The predicted octanol–water partition coefficient (Wildman–Crippen LogP) is -5.74. The molecule has 0 aliphatic rings. The smallest absolute Gasteiger partial charge is 0.870 e. The summed E-state index contributed by atoms with van der Waals surface area (Å²) >= 11 is 0. The van der Waals surface area contributed by atoms with Crippen LogP contribution in [0.2, 0.25) is 0 Å². The molecule has 0 saturated heterocycles. The maximum absolute atomic E-state index is 11.1. The van der Waals surface area contributed by atoms with Crippen molar-refractivity contribution >= 4 is 5.76 Å². The molecule has 1 aromatic carbocycles. The Bertz CT molecular complexity index is 323. The summed E-state index contributed by atoms with van der Waals surface area (Å²) in [5.74, 6) is -0.702. The third-order valence-electron chi connectivity index (χ3n) is 1.33. The normalized spacial score (nSPS) is 7.50. The van der Waals surface area contributed by atoms with E-state index in [1.54, 1.807) is 24.3 Å². The summed E-state index contributed by atoms with van der Waals surface area (Å²) in [6.07, 6.45) is 0. The summed E-state index contributed by atoms with van der Waals surface area (Å²) in [7, 11) is 0. The molecule has 14 heavy (non-hydrogen) atoms. The van der Waals surface area contributed by atoms with E-state index in [2.05, 4.69) is 5.73 Å². The van der Waals surface area contributed by atoms with Crippen molar-refractivity contribution in [2.24, 2.45) is 0 Å². The minimum Gasteiger partial charge on any atom is -0.870 e. The molecule has 0 heterocycles. The molecule has 0 N–H and O–H groups in total. The average molecular weight is 174 g/mol. The molecular formula is C10H8Li2O2. The first-order valence-electron chi connectivity index (χ1n) is 3.57. The fourth-order valence-corrected chi connectivity index (χ4v) is 0.822. The largest absolute Gasteiger partial charge is 1.00 e. The van der Waals surface area contributed by atoms with Crippen LogP contribution < -0.4 is 47.9 Å². The molecule has 0 atom stereocenters. The fraction of sp³-hybridized carbons (Fsp3) is 0.100. The number of hydrogen-bond acceptors (Lipinski definition) is 2. The standard InChI is InChI=1S/C10H10O2.2Li/c1-8(11)7-10(12)9-5-3-2-4-6-9;;/h2-6,11-12H,1H3;;/q;2*+1/p-2. The van der Waals surface area contributed by atoms with E-state index in [4.69, 9.17) is 0 Å². The molecule has 0 aromatic heterocycles. The van der Waals surface area contributed by atoms with Gasteiger partial charge in [0.05, 0.1) is 0 Å². The topological polar surface area (TPSA) is 46.1 Å². The van der Waals surface area contributed by atoms with Gasteiger partial charge in [-0.2, -0.15) is 0 Å². The van der Waals surface area contributed by atoms with Crippen LogP contribution in [0, 0.1) is 0 Å². The minimum atomic E-state index is -0.358. The summed E-state index contributed by atoms with van der Waals surface area (Å²) in [6, 6.07) is 8.60. The first-order chi connectivity index (χ1) is 5.70. The molecule has 0 saturated carbocycles. The Labute approximate surface area is 108 Å². The van der Waals surface area contributed by atoms with Crippen molar-refractivity contribution in [2.45, 2.75) is 6.92 Å². The summed E-state index contributed by atoms with van der Waals surface area (Å²) in [6.45, 7) is 1.31. The van der Waals surface area contributed by atoms with Crippen LogP contribution in [-0.4, -0.2) is 0 Å². The Balaban J connectivity index is 0. The number of hydrogen-bond donors (Lipinski definition) is 0. The SMILES string of the molecule is CC([O-])=C=C([O-])c1ccccc1.[Li+].[Li+]. The monoisotopic (exact) mass is 174 g/mol. The zero-order valence-electron chi connectivity index (χ0n) is 8.70. The molecule has 0 bridgehead atoms. The van der Waals surface area contributed by atoms with Crippen molar-refractivity contribution in [2.75, 3.05) is 0 Å².